The SMILES string of the molecule is CCC(C)(C)N(C(=O)C(CC(C)C)NC(=O)OC(C)(C)C)C(C(=O)Nc1ccc2ccccc2c1)c1cccc(C)c1C. The van der Waals surface area contributed by atoms with Gasteiger partial charge in [0.15, 0.2) is 0 Å². The van der Waals surface area contributed by atoms with E-state index in [4.69, 9.17) is 4.74 Å². The lowest BCUT2D eigenvalue weighted by atomic mass is 9.88. The number of amides is 3. The molecule has 0 saturated carbocycles. The largest absolute Gasteiger partial charge is 0.444 e. The summed E-state index contributed by atoms with van der Waals surface area (Å²) in [5.74, 6) is -0.550. The number of carbonyl (C=O) groups is 3. The van der Waals surface area contributed by atoms with E-state index in [1.165, 1.54) is 0 Å². The van der Waals surface area contributed by atoms with Crippen molar-refractivity contribution in [1.82, 2.24) is 10.2 Å². The molecule has 0 aliphatic carbocycles. The summed E-state index contributed by atoms with van der Waals surface area (Å²) in [5.41, 5.74) is 1.89. The Balaban J connectivity index is 2.15. The summed E-state index contributed by atoms with van der Waals surface area (Å²) in [6.07, 6.45) is 0.314. The van der Waals surface area contributed by atoms with Gasteiger partial charge in [-0.15, -0.1) is 0 Å². The number of anilines is 1. The van der Waals surface area contributed by atoms with Gasteiger partial charge in [0.2, 0.25) is 5.91 Å². The maximum atomic E-state index is 14.7. The van der Waals surface area contributed by atoms with E-state index in [-0.39, 0.29) is 17.7 Å². The Morgan fingerprint density at radius 3 is 2.14 bits per heavy atom. The second-order valence-corrected chi connectivity index (χ2v) is 13.4. The predicted molar refractivity (Wildman–Crippen MR) is 175 cm³/mol. The Kier molecular flexibility index (Phi) is 10.7. The minimum Gasteiger partial charge on any atom is -0.444 e. The van der Waals surface area contributed by atoms with Crippen molar-refractivity contribution < 1.29 is 19.1 Å². The van der Waals surface area contributed by atoms with Gasteiger partial charge in [0, 0.05) is 11.2 Å². The summed E-state index contributed by atoms with van der Waals surface area (Å²) in [5, 5.41) is 8.03. The Hall–Kier alpha value is -3.87. The van der Waals surface area contributed by atoms with Gasteiger partial charge in [-0.1, -0.05) is 69.3 Å². The monoisotopic (exact) mass is 587 g/mol. The van der Waals surface area contributed by atoms with E-state index >= 15 is 0 Å². The van der Waals surface area contributed by atoms with E-state index in [1.54, 1.807) is 25.7 Å². The summed E-state index contributed by atoms with van der Waals surface area (Å²) < 4.78 is 5.53. The Morgan fingerprint density at radius 1 is 0.884 bits per heavy atom. The number of hydrogen-bond acceptors (Lipinski definition) is 4. The first-order valence-electron chi connectivity index (χ1n) is 15.2. The van der Waals surface area contributed by atoms with E-state index in [0.717, 1.165) is 27.5 Å². The second kappa shape index (κ2) is 13.6. The lowest BCUT2D eigenvalue weighted by Gasteiger charge is -2.45. The van der Waals surface area contributed by atoms with Crippen LogP contribution in [0.2, 0.25) is 0 Å². The first kappa shape index (κ1) is 33.6. The molecule has 43 heavy (non-hydrogen) atoms. The topological polar surface area (TPSA) is 87.7 Å². The van der Waals surface area contributed by atoms with Gasteiger partial charge in [-0.05, 0) is 107 Å². The zero-order valence-electron chi connectivity index (χ0n) is 27.5. The zero-order chi connectivity index (χ0) is 32.1. The quantitative estimate of drug-likeness (QED) is 0.251. The first-order chi connectivity index (χ1) is 20.0. The molecule has 0 saturated heterocycles. The van der Waals surface area contributed by atoms with Crippen LogP contribution in [0.3, 0.4) is 0 Å². The van der Waals surface area contributed by atoms with Gasteiger partial charge in [0.05, 0.1) is 0 Å². The Labute approximate surface area is 257 Å². The molecule has 2 atom stereocenters. The average Bonchev–Trinajstić information content (AvgIpc) is 2.91. The van der Waals surface area contributed by atoms with Crippen LogP contribution in [0.4, 0.5) is 10.5 Å². The van der Waals surface area contributed by atoms with E-state index in [2.05, 4.69) is 10.6 Å². The number of alkyl carbamates (subject to hydrolysis) is 1. The van der Waals surface area contributed by atoms with E-state index < -0.39 is 29.3 Å². The Morgan fingerprint density at radius 2 is 1.53 bits per heavy atom. The standard InChI is InChI=1S/C36H49N3O4/c1-11-36(9,10)39(33(41)30(21-23(2)3)38-34(42)43-35(6,7)8)31(29-18-14-15-24(4)25(29)5)32(40)37-28-20-19-26-16-12-13-17-27(26)22-28/h12-20,22-23,30-31H,11,21H2,1-10H3,(H,37,40)(H,38,42). The number of fused-ring (bicyclic) bond motifs is 1. The molecule has 232 valence electrons. The van der Waals surface area contributed by atoms with Crippen LogP contribution in [-0.2, 0) is 14.3 Å². The number of rotatable bonds is 10. The van der Waals surface area contributed by atoms with Crippen LogP contribution in [-0.4, -0.2) is 40.0 Å². The van der Waals surface area contributed by atoms with Crippen LogP contribution in [0.15, 0.2) is 60.7 Å². The second-order valence-electron chi connectivity index (χ2n) is 13.4. The molecule has 0 aliphatic rings. The molecule has 0 spiro atoms. The van der Waals surface area contributed by atoms with Gasteiger partial charge < -0.3 is 20.3 Å². The summed E-state index contributed by atoms with van der Waals surface area (Å²) in [4.78, 5) is 43.8. The van der Waals surface area contributed by atoms with Crippen LogP contribution in [0.25, 0.3) is 10.8 Å². The highest BCUT2D eigenvalue weighted by molar-refractivity contribution is 6.01. The smallest absolute Gasteiger partial charge is 0.408 e. The molecule has 0 radical (unpaired) electrons. The molecule has 0 aromatic heterocycles. The molecule has 3 aromatic rings. The third-order valence-electron chi connectivity index (χ3n) is 7.92. The number of ether oxygens (including phenoxy) is 1. The number of carbonyl (C=O) groups excluding carboxylic acids is 3. The van der Waals surface area contributed by atoms with Gasteiger partial charge in [0.1, 0.15) is 17.7 Å². The van der Waals surface area contributed by atoms with Crippen LogP contribution in [0.1, 0.15) is 91.0 Å². The fourth-order valence-corrected chi connectivity index (χ4v) is 5.20. The maximum Gasteiger partial charge on any atom is 0.408 e. The molecular weight excluding hydrogens is 538 g/mol. The fourth-order valence-electron chi connectivity index (χ4n) is 5.20. The lowest BCUT2D eigenvalue weighted by Crippen LogP contribution is -2.59. The summed E-state index contributed by atoms with van der Waals surface area (Å²) in [6.45, 7) is 19.3. The van der Waals surface area contributed by atoms with Crippen molar-refractivity contribution in [2.45, 2.75) is 105 Å². The summed E-state index contributed by atoms with van der Waals surface area (Å²) in [7, 11) is 0. The molecule has 7 heteroatoms. The molecule has 2 N–H and O–H groups in total. The van der Waals surface area contributed by atoms with E-state index in [0.29, 0.717) is 18.5 Å². The number of nitrogens with one attached hydrogen (secondary N) is 2. The highest BCUT2D eigenvalue weighted by atomic mass is 16.6. The Bertz CT molecular complexity index is 1450. The van der Waals surface area contributed by atoms with Gasteiger partial charge in [-0.2, -0.15) is 0 Å². The van der Waals surface area contributed by atoms with Crippen LogP contribution >= 0.6 is 0 Å². The molecule has 0 bridgehead atoms. The number of hydrogen-bond donors (Lipinski definition) is 2. The van der Waals surface area contributed by atoms with Gasteiger partial charge >= 0.3 is 6.09 Å². The molecule has 0 fully saturated rings. The highest BCUT2D eigenvalue weighted by Crippen LogP contribution is 2.36. The molecular formula is C36H49N3O4. The normalized spacial score (nSPS) is 13.4. The number of nitrogens with zero attached hydrogens (tertiary/aromatic N) is 1. The summed E-state index contributed by atoms with van der Waals surface area (Å²) in [6, 6.07) is 17.7. The molecule has 3 amide bonds. The average molecular weight is 588 g/mol. The number of aryl methyl sites for hydroxylation is 1. The van der Waals surface area contributed by atoms with Crippen molar-refractivity contribution in [2.24, 2.45) is 5.92 Å². The highest BCUT2D eigenvalue weighted by Gasteiger charge is 2.43. The van der Waals surface area contributed by atoms with E-state index in [1.807, 2.05) is 109 Å². The summed E-state index contributed by atoms with van der Waals surface area (Å²) >= 11 is 0. The number of benzene rings is 3. The van der Waals surface area contributed by atoms with Crippen molar-refractivity contribution in [3.8, 4) is 0 Å². The third-order valence-corrected chi connectivity index (χ3v) is 7.92. The molecule has 0 aliphatic heterocycles. The zero-order valence-corrected chi connectivity index (χ0v) is 27.5. The molecule has 2 unspecified atom stereocenters. The van der Waals surface area contributed by atoms with Crippen LogP contribution in [0.5, 0.6) is 0 Å². The maximum absolute atomic E-state index is 14.7. The third kappa shape index (κ3) is 8.59. The van der Waals surface area contributed by atoms with Crippen molar-refractivity contribution in [1.29, 1.82) is 0 Å². The van der Waals surface area contributed by atoms with Gasteiger partial charge in [-0.25, -0.2) is 4.79 Å². The molecule has 7 nitrogen and oxygen atoms in total. The molecule has 3 aromatic carbocycles. The lowest BCUT2D eigenvalue weighted by molar-refractivity contribution is -0.148. The van der Waals surface area contributed by atoms with Crippen molar-refractivity contribution in [2.75, 3.05) is 5.32 Å². The van der Waals surface area contributed by atoms with Crippen molar-refractivity contribution >= 4 is 34.4 Å². The molecule has 0 heterocycles. The molecule has 3 rings (SSSR count). The van der Waals surface area contributed by atoms with Crippen molar-refractivity contribution in [3.63, 3.8) is 0 Å². The van der Waals surface area contributed by atoms with Crippen LogP contribution in [0, 0.1) is 19.8 Å². The minimum absolute atomic E-state index is 0.0982. The fraction of sp³-hybridized carbons (Fsp3) is 0.472. The predicted octanol–water partition coefficient (Wildman–Crippen LogP) is 8.09. The minimum atomic E-state index is -0.955. The van der Waals surface area contributed by atoms with Crippen molar-refractivity contribution in [3.05, 3.63) is 77.4 Å². The van der Waals surface area contributed by atoms with Gasteiger partial charge in [0.25, 0.3) is 5.91 Å². The van der Waals surface area contributed by atoms with Gasteiger partial charge in [-0.3, -0.25) is 9.59 Å². The first-order valence-corrected chi connectivity index (χ1v) is 15.2. The van der Waals surface area contributed by atoms with Crippen LogP contribution < -0.4 is 10.6 Å². The van der Waals surface area contributed by atoms with E-state index in [9.17, 15) is 14.4 Å².